The standard InChI is InChI=1S/C15H23FN2/c1-12(2)18-8-6-17(7-9-18)11-14-4-5-15(16)13(3)10-14/h4-5,10,12H,6-9,11H2,1-3H3. The molecule has 1 aliphatic rings. The van der Waals surface area contributed by atoms with Crippen LogP contribution >= 0.6 is 0 Å². The second kappa shape index (κ2) is 5.81. The summed E-state index contributed by atoms with van der Waals surface area (Å²) >= 11 is 0. The highest BCUT2D eigenvalue weighted by molar-refractivity contribution is 5.23. The van der Waals surface area contributed by atoms with Gasteiger partial charge in [-0.1, -0.05) is 12.1 Å². The Morgan fingerprint density at radius 1 is 1.17 bits per heavy atom. The van der Waals surface area contributed by atoms with Crippen molar-refractivity contribution < 1.29 is 4.39 Å². The van der Waals surface area contributed by atoms with Gasteiger partial charge in [0.1, 0.15) is 5.82 Å². The van der Waals surface area contributed by atoms with Gasteiger partial charge in [-0.2, -0.15) is 0 Å². The molecule has 2 rings (SSSR count). The number of nitrogens with zero attached hydrogens (tertiary/aromatic N) is 2. The number of halogens is 1. The van der Waals surface area contributed by atoms with Crippen molar-refractivity contribution in [2.24, 2.45) is 0 Å². The second-order valence-electron chi connectivity index (χ2n) is 5.49. The van der Waals surface area contributed by atoms with Crippen molar-refractivity contribution in [1.29, 1.82) is 0 Å². The zero-order valence-corrected chi connectivity index (χ0v) is 11.6. The Hall–Kier alpha value is -0.930. The van der Waals surface area contributed by atoms with Crippen LogP contribution in [0.3, 0.4) is 0 Å². The summed E-state index contributed by atoms with van der Waals surface area (Å²) in [6.07, 6.45) is 0. The molecule has 100 valence electrons. The Kier molecular flexibility index (Phi) is 4.36. The fraction of sp³-hybridized carbons (Fsp3) is 0.600. The average molecular weight is 250 g/mol. The van der Waals surface area contributed by atoms with Crippen molar-refractivity contribution in [3.05, 3.63) is 35.1 Å². The molecule has 0 atom stereocenters. The lowest BCUT2D eigenvalue weighted by Gasteiger charge is -2.37. The first kappa shape index (κ1) is 13.5. The summed E-state index contributed by atoms with van der Waals surface area (Å²) in [5.41, 5.74) is 1.96. The fourth-order valence-electron chi connectivity index (χ4n) is 2.50. The molecule has 1 aliphatic heterocycles. The van der Waals surface area contributed by atoms with Crippen LogP contribution in [-0.4, -0.2) is 42.0 Å². The Morgan fingerprint density at radius 3 is 2.39 bits per heavy atom. The quantitative estimate of drug-likeness (QED) is 0.814. The van der Waals surface area contributed by atoms with Crippen LogP contribution in [0, 0.1) is 12.7 Å². The van der Waals surface area contributed by atoms with Gasteiger partial charge in [0.05, 0.1) is 0 Å². The topological polar surface area (TPSA) is 6.48 Å². The largest absolute Gasteiger partial charge is 0.298 e. The van der Waals surface area contributed by atoms with Crippen molar-refractivity contribution in [2.45, 2.75) is 33.4 Å². The fourth-order valence-corrected chi connectivity index (χ4v) is 2.50. The Labute approximate surface area is 109 Å². The highest BCUT2D eigenvalue weighted by Crippen LogP contribution is 2.13. The van der Waals surface area contributed by atoms with Gasteiger partial charge in [-0.15, -0.1) is 0 Å². The van der Waals surface area contributed by atoms with Gasteiger partial charge < -0.3 is 0 Å². The molecular weight excluding hydrogens is 227 g/mol. The van der Waals surface area contributed by atoms with E-state index >= 15 is 0 Å². The van der Waals surface area contributed by atoms with Crippen LogP contribution in [0.1, 0.15) is 25.0 Å². The zero-order chi connectivity index (χ0) is 13.1. The average Bonchev–Trinajstić information content (AvgIpc) is 2.34. The second-order valence-corrected chi connectivity index (χ2v) is 5.49. The van der Waals surface area contributed by atoms with E-state index in [0.29, 0.717) is 6.04 Å². The van der Waals surface area contributed by atoms with Gasteiger partial charge in [0, 0.05) is 38.8 Å². The SMILES string of the molecule is Cc1cc(CN2CCN(C(C)C)CC2)ccc1F. The number of hydrogen-bond donors (Lipinski definition) is 0. The normalized spacial score (nSPS) is 18.5. The molecule has 0 aromatic heterocycles. The molecule has 0 bridgehead atoms. The molecule has 0 N–H and O–H groups in total. The Bertz CT molecular complexity index is 395. The van der Waals surface area contributed by atoms with Crippen molar-refractivity contribution in [3.63, 3.8) is 0 Å². The third kappa shape index (κ3) is 3.30. The van der Waals surface area contributed by atoms with E-state index in [9.17, 15) is 4.39 Å². The predicted octanol–water partition coefficient (Wildman–Crippen LogP) is 2.66. The molecule has 1 aromatic carbocycles. The molecule has 18 heavy (non-hydrogen) atoms. The molecule has 1 heterocycles. The Balaban J connectivity index is 1.89. The number of rotatable bonds is 3. The minimum Gasteiger partial charge on any atom is -0.298 e. The predicted molar refractivity (Wildman–Crippen MR) is 73.1 cm³/mol. The van der Waals surface area contributed by atoms with Crippen molar-refractivity contribution in [1.82, 2.24) is 9.80 Å². The van der Waals surface area contributed by atoms with Gasteiger partial charge in [-0.25, -0.2) is 4.39 Å². The van der Waals surface area contributed by atoms with E-state index in [-0.39, 0.29) is 5.82 Å². The molecular formula is C15H23FN2. The van der Waals surface area contributed by atoms with Gasteiger partial charge in [-0.3, -0.25) is 9.80 Å². The number of aryl methyl sites for hydroxylation is 1. The number of piperazine rings is 1. The number of benzene rings is 1. The summed E-state index contributed by atoms with van der Waals surface area (Å²) in [5.74, 6) is -0.108. The highest BCUT2D eigenvalue weighted by Gasteiger charge is 2.18. The smallest absolute Gasteiger partial charge is 0.126 e. The van der Waals surface area contributed by atoms with Gasteiger partial charge in [0.25, 0.3) is 0 Å². The maximum Gasteiger partial charge on any atom is 0.126 e. The summed E-state index contributed by atoms with van der Waals surface area (Å²) in [6.45, 7) is 11.7. The summed E-state index contributed by atoms with van der Waals surface area (Å²) in [4.78, 5) is 4.96. The van der Waals surface area contributed by atoms with Crippen LogP contribution in [-0.2, 0) is 6.54 Å². The van der Waals surface area contributed by atoms with Gasteiger partial charge in [-0.05, 0) is 38.0 Å². The summed E-state index contributed by atoms with van der Waals surface area (Å²) in [5, 5.41) is 0. The van der Waals surface area contributed by atoms with E-state index in [1.807, 2.05) is 19.1 Å². The first-order valence-corrected chi connectivity index (χ1v) is 6.77. The third-order valence-corrected chi connectivity index (χ3v) is 3.77. The maximum atomic E-state index is 13.2. The van der Waals surface area contributed by atoms with Crippen LogP contribution in [0.4, 0.5) is 4.39 Å². The molecule has 3 heteroatoms. The molecule has 0 unspecified atom stereocenters. The van der Waals surface area contributed by atoms with Gasteiger partial charge >= 0.3 is 0 Å². The molecule has 1 aromatic rings. The van der Waals surface area contributed by atoms with Crippen LogP contribution in [0.25, 0.3) is 0 Å². The first-order chi connectivity index (χ1) is 8.56. The van der Waals surface area contributed by atoms with Crippen molar-refractivity contribution in [2.75, 3.05) is 26.2 Å². The van der Waals surface area contributed by atoms with Gasteiger partial charge in [0.15, 0.2) is 0 Å². The highest BCUT2D eigenvalue weighted by atomic mass is 19.1. The minimum absolute atomic E-state index is 0.108. The Morgan fingerprint density at radius 2 is 1.83 bits per heavy atom. The lowest BCUT2D eigenvalue weighted by Crippen LogP contribution is -2.48. The lowest BCUT2D eigenvalue weighted by atomic mass is 10.1. The summed E-state index contributed by atoms with van der Waals surface area (Å²) < 4.78 is 13.2. The molecule has 2 nitrogen and oxygen atoms in total. The van der Waals surface area contributed by atoms with E-state index < -0.39 is 0 Å². The molecule has 0 spiro atoms. The van der Waals surface area contributed by atoms with E-state index in [1.54, 1.807) is 6.07 Å². The van der Waals surface area contributed by atoms with Crippen LogP contribution in [0.2, 0.25) is 0 Å². The number of hydrogen-bond acceptors (Lipinski definition) is 2. The van der Waals surface area contributed by atoms with E-state index in [0.717, 1.165) is 38.3 Å². The van der Waals surface area contributed by atoms with E-state index in [2.05, 4.69) is 23.6 Å². The van der Waals surface area contributed by atoms with Crippen LogP contribution < -0.4 is 0 Å². The molecule has 0 radical (unpaired) electrons. The van der Waals surface area contributed by atoms with Crippen molar-refractivity contribution in [3.8, 4) is 0 Å². The first-order valence-electron chi connectivity index (χ1n) is 6.77. The molecule has 1 saturated heterocycles. The monoisotopic (exact) mass is 250 g/mol. The summed E-state index contributed by atoms with van der Waals surface area (Å²) in [6, 6.07) is 6.08. The molecule has 0 saturated carbocycles. The maximum absolute atomic E-state index is 13.2. The third-order valence-electron chi connectivity index (χ3n) is 3.77. The molecule has 1 fully saturated rings. The summed E-state index contributed by atoms with van der Waals surface area (Å²) in [7, 11) is 0. The lowest BCUT2D eigenvalue weighted by molar-refractivity contribution is 0.104. The van der Waals surface area contributed by atoms with Crippen molar-refractivity contribution >= 4 is 0 Å². The van der Waals surface area contributed by atoms with E-state index in [1.165, 1.54) is 5.56 Å². The molecule has 0 aliphatic carbocycles. The minimum atomic E-state index is -0.108. The van der Waals surface area contributed by atoms with E-state index in [4.69, 9.17) is 0 Å². The van der Waals surface area contributed by atoms with Gasteiger partial charge in [0.2, 0.25) is 0 Å². The molecule has 0 amide bonds. The zero-order valence-electron chi connectivity index (χ0n) is 11.6. The van der Waals surface area contributed by atoms with Crippen LogP contribution in [0.15, 0.2) is 18.2 Å². The van der Waals surface area contributed by atoms with Crippen LogP contribution in [0.5, 0.6) is 0 Å².